The van der Waals surface area contributed by atoms with Gasteiger partial charge < -0.3 is 11.1 Å². The quantitative estimate of drug-likeness (QED) is 0.730. The van der Waals surface area contributed by atoms with Gasteiger partial charge in [-0.25, -0.2) is 9.07 Å². The van der Waals surface area contributed by atoms with Gasteiger partial charge in [0.15, 0.2) is 5.78 Å². The largest absolute Gasteiger partial charge is 0.381 e. The predicted octanol–water partition coefficient (Wildman–Crippen LogP) is 3.96. The van der Waals surface area contributed by atoms with E-state index in [2.05, 4.69) is 10.4 Å². The molecule has 0 spiro atoms. The number of Topliss-reactive ketones (excluding diaryl/α,β-unsaturated/α-hetero) is 1. The molecule has 0 saturated heterocycles. The van der Waals surface area contributed by atoms with Crippen LogP contribution in [0.4, 0.5) is 10.1 Å². The summed E-state index contributed by atoms with van der Waals surface area (Å²) in [4.78, 5) is 24.8. The van der Waals surface area contributed by atoms with Crippen LogP contribution in [0.2, 0.25) is 0 Å². The van der Waals surface area contributed by atoms with Crippen LogP contribution in [-0.4, -0.2) is 27.5 Å². The van der Waals surface area contributed by atoms with E-state index in [-0.39, 0.29) is 22.8 Å². The summed E-state index contributed by atoms with van der Waals surface area (Å²) in [5, 5.41) is 7.91. The van der Waals surface area contributed by atoms with Crippen molar-refractivity contribution in [3.8, 4) is 5.69 Å². The SMILES string of the molecule is CCc1nn(-c2cc(F)c(C(N)=O)c(NC3CC=CC3)c2)c2c1C(=O)CC(C)(C)C2. The molecule has 3 N–H and O–H groups in total. The molecule has 0 bridgehead atoms. The molecular weight excluding hydrogens is 383 g/mol. The van der Waals surface area contributed by atoms with Gasteiger partial charge in [-0.2, -0.15) is 5.10 Å². The second-order valence-corrected chi connectivity index (χ2v) is 8.97. The molecule has 2 aliphatic rings. The van der Waals surface area contributed by atoms with Gasteiger partial charge in [-0.1, -0.05) is 32.9 Å². The van der Waals surface area contributed by atoms with E-state index in [0.717, 1.165) is 24.2 Å². The summed E-state index contributed by atoms with van der Waals surface area (Å²) >= 11 is 0. The van der Waals surface area contributed by atoms with Gasteiger partial charge in [-0.05, 0) is 37.2 Å². The first-order chi connectivity index (χ1) is 14.2. The average molecular weight is 410 g/mol. The molecule has 1 heterocycles. The molecule has 1 aromatic heterocycles. The Morgan fingerprint density at radius 3 is 2.63 bits per heavy atom. The van der Waals surface area contributed by atoms with Crippen molar-refractivity contribution >= 4 is 17.4 Å². The summed E-state index contributed by atoms with van der Waals surface area (Å²) in [6.07, 6.45) is 7.43. The Balaban J connectivity index is 1.86. The number of nitrogens with two attached hydrogens (primary N) is 1. The number of carbonyl (C=O) groups excluding carboxylic acids is 2. The molecule has 0 unspecified atom stereocenters. The maximum Gasteiger partial charge on any atom is 0.253 e. The Hall–Kier alpha value is -2.96. The number of amides is 1. The number of carbonyl (C=O) groups is 2. The molecule has 2 aromatic rings. The zero-order valence-corrected chi connectivity index (χ0v) is 17.6. The first-order valence-corrected chi connectivity index (χ1v) is 10.4. The maximum atomic E-state index is 15.0. The number of nitrogens with zero attached hydrogens (tertiary/aromatic N) is 2. The van der Waals surface area contributed by atoms with Gasteiger partial charge in [0, 0.05) is 18.5 Å². The fourth-order valence-corrected chi connectivity index (χ4v) is 4.52. The smallest absolute Gasteiger partial charge is 0.253 e. The van der Waals surface area contributed by atoms with E-state index in [0.29, 0.717) is 36.2 Å². The van der Waals surface area contributed by atoms with Crippen LogP contribution in [0, 0.1) is 11.2 Å². The van der Waals surface area contributed by atoms with Crippen LogP contribution >= 0.6 is 0 Å². The second-order valence-electron chi connectivity index (χ2n) is 8.97. The first kappa shape index (κ1) is 20.3. The van der Waals surface area contributed by atoms with Gasteiger partial charge in [0.1, 0.15) is 5.82 Å². The normalized spacial score (nSPS) is 17.9. The molecule has 0 atom stereocenters. The number of fused-ring (bicyclic) bond motifs is 1. The minimum atomic E-state index is -0.819. The lowest BCUT2D eigenvalue weighted by atomic mass is 9.75. The number of ketones is 1. The molecule has 0 aliphatic heterocycles. The van der Waals surface area contributed by atoms with Crippen molar-refractivity contribution in [3.63, 3.8) is 0 Å². The maximum absolute atomic E-state index is 15.0. The number of primary amides is 1. The fraction of sp³-hybridized carbons (Fsp3) is 0.435. The Morgan fingerprint density at radius 1 is 1.30 bits per heavy atom. The van der Waals surface area contributed by atoms with Gasteiger partial charge in [0.2, 0.25) is 0 Å². The van der Waals surface area contributed by atoms with Crippen molar-refractivity contribution in [2.45, 2.75) is 58.9 Å². The lowest BCUT2D eigenvalue weighted by Crippen LogP contribution is -2.28. The molecule has 158 valence electrons. The van der Waals surface area contributed by atoms with Crippen LogP contribution in [0.3, 0.4) is 0 Å². The Labute approximate surface area is 175 Å². The Kier molecular flexibility index (Phi) is 5.00. The van der Waals surface area contributed by atoms with Gasteiger partial charge in [-0.3, -0.25) is 9.59 Å². The molecule has 0 radical (unpaired) electrons. The minimum absolute atomic E-state index is 0.0777. The zero-order chi connectivity index (χ0) is 21.6. The van der Waals surface area contributed by atoms with E-state index in [1.807, 2.05) is 32.9 Å². The van der Waals surface area contributed by atoms with Crippen LogP contribution < -0.4 is 11.1 Å². The summed E-state index contributed by atoms with van der Waals surface area (Å²) < 4.78 is 16.7. The van der Waals surface area contributed by atoms with E-state index in [9.17, 15) is 9.59 Å². The second kappa shape index (κ2) is 7.38. The molecule has 1 amide bonds. The van der Waals surface area contributed by atoms with Gasteiger partial charge in [0.05, 0.1) is 33.9 Å². The lowest BCUT2D eigenvalue weighted by molar-refractivity contribution is 0.0909. The number of halogens is 1. The molecule has 0 fully saturated rings. The number of nitrogens with one attached hydrogen (secondary N) is 1. The number of aryl methyl sites for hydroxylation is 1. The summed E-state index contributed by atoms with van der Waals surface area (Å²) in [7, 11) is 0. The monoisotopic (exact) mass is 410 g/mol. The molecule has 6 nitrogen and oxygen atoms in total. The van der Waals surface area contributed by atoms with E-state index < -0.39 is 11.7 Å². The van der Waals surface area contributed by atoms with Gasteiger partial charge in [-0.15, -0.1) is 0 Å². The number of aromatic nitrogens is 2. The summed E-state index contributed by atoms with van der Waals surface area (Å²) in [5.74, 6) is -1.44. The number of hydrogen-bond donors (Lipinski definition) is 2. The van der Waals surface area contributed by atoms with Crippen molar-refractivity contribution in [1.82, 2.24) is 9.78 Å². The van der Waals surface area contributed by atoms with Crippen molar-refractivity contribution in [2.24, 2.45) is 11.1 Å². The predicted molar refractivity (Wildman–Crippen MR) is 114 cm³/mol. The van der Waals surface area contributed by atoms with E-state index in [1.165, 1.54) is 6.07 Å². The fourth-order valence-electron chi connectivity index (χ4n) is 4.52. The van der Waals surface area contributed by atoms with Crippen LogP contribution in [0.1, 0.15) is 72.1 Å². The topological polar surface area (TPSA) is 90.0 Å². The summed E-state index contributed by atoms with van der Waals surface area (Å²) in [6, 6.07) is 3.06. The highest BCUT2D eigenvalue weighted by molar-refractivity contribution is 6.00. The van der Waals surface area contributed by atoms with Crippen LogP contribution in [-0.2, 0) is 12.8 Å². The number of hydrogen-bond acceptors (Lipinski definition) is 4. The van der Waals surface area contributed by atoms with E-state index >= 15 is 4.39 Å². The molecule has 0 saturated carbocycles. The number of anilines is 1. The van der Waals surface area contributed by atoms with Crippen molar-refractivity contribution in [3.05, 3.63) is 52.6 Å². The van der Waals surface area contributed by atoms with Gasteiger partial charge in [0.25, 0.3) is 5.91 Å². The zero-order valence-electron chi connectivity index (χ0n) is 17.6. The number of rotatable bonds is 5. The summed E-state index contributed by atoms with van der Waals surface area (Å²) in [6.45, 7) is 6.05. The molecule has 2 aliphatic carbocycles. The van der Waals surface area contributed by atoms with Crippen molar-refractivity contribution in [1.29, 1.82) is 0 Å². The molecule has 30 heavy (non-hydrogen) atoms. The third kappa shape index (κ3) is 3.53. The molecule has 7 heteroatoms. The highest BCUT2D eigenvalue weighted by Crippen LogP contribution is 2.38. The summed E-state index contributed by atoms with van der Waals surface area (Å²) in [5.41, 5.74) is 8.13. The third-order valence-corrected chi connectivity index (χ3v) is 5.89. The lowest BCUT2D eigenvalue weighted by Gasteiger charge is -2.29. The van der Waals surface area contributed by atoms with E-state index in [1.54, 1.807) is 10.7 Å². The van der Waals surface area contributed by atoms with Crippen LogP contribution in [0.15, 0.2) is 24.3 Å². The third-order valence-electron chi connectivity index (χ3n) is 5.89. The number of benzene rings is 1. The van der Waals surface area contributed by atoms with Crippen molar-refractivity contribution in [2.75, 3.05) is 5.32 Å². The molecule has 4 rings (SSSR count). The van der Waals surface area contributed by atoms with Crippen LogP contribution in [0.25, 0.3) is 5.69 Å². The van der Waals surface area contributed by atoms with Gasteiger partial charge >= 0.3 is 0 Å². The Bertz CT molecular complexity index is 1060. The molecular formula is C23H27FN4O2. The standard InChI is InChI=1S/C23H27FN4O2/c1-4-16-21-18(11-23(2,3)12-19(21)29)28(27-16)14-9-15(24)20(22(25)30)17(10-14)26-13-7-5-6-8-13/h5-6,9-10,13,26H,4,7-8,11-12H2,1-3H3,(H2,25,30). The molecule has 1 aromatic carbocycles. The highest BCUT2D eigenvalue weighted by atomic mass is 19.1. The Morgan fingerprint density at radius 2 is 2.00 bits per heavy atom. The average Bonchev–Trinajstić information content (AvgIpc) is 3.27. The highest BCUT2D eigenvalue weighted by Gasteiger charge is 2.36. The first-order valence-electron chi connectivity index (χ1n) is 10.4. The minimum Gasteiger partial charge on any atom is -0.381 e. The van der Waals surface area contributed by atoms with Crippen LogP contribution in [0.5, 0.6) is 0 Å². The van der Waals surface area contributed by atoms with E-state index in [4.69, 9.17) is 5.73 Å². The van der Waals surface area contributed by atoms with Crippen molar-refractivity contribution < 1.29 is 14.0 Å².